The number of hydrogen-bond acceptors (Lipinski definition) is 2. The van der Waals surface area contributed by atoms with Gasteiger partial charge in [-0.05, 0) is 30.7 Å². The third-order valence-electron chi connectivity index (χ3n) is 2.44. The molecule has 0 spiro atoms. The maximum atomic E-state index is 12.9. The maximum Gasteiger partial charge on any atom is 0.277 e. The largest absolute Gasteiger partial charge is 0.298 e. The average molecular weight is 218 g/mol. The Kier molecular flexibility index (Phi) is 2.56. The molecule has 0 aliphatic carbocycles. The molecule has 82 valence electrons. The van der Waals surface area contributed by atoms with Crippen LogP contribution in [0.4, 0.5) is 4.39 Å². The second-order valence-corrected chi connectivity index (χ2v) is 3.61. The van der Waals surface area contributed by atoms with Crippen LogP contribution in [0.25, 0.3) is 6.08 Å². The second-order valence-electron chi connectivity index (χ2n) is 3.61. The first kappa shape index (κ1) is 10.5. The molecule has 2 rings (SSSR count). The standard InChI is InChI=1S/C12H11FN2O/c1-8-14-11(12(16)15(8)2)7-9-4-3-5-10(13)6-9/h3-7H,1-2H3/b11-7-. The first-order chi connectivity index (χ1) is 7.58. The number of aliphatic imine (C=N–C) groups is 1. The van der Waals surface area contributed by atoms with Gasteiger partial charge in [0.2, 0.25) is 0 Å². The highest BCUT2D eigenvalue weighted by Crippen LogP contribution is 2.17. The van der Waals surface area contributed by atoms with E-state index in [4.69, 9.17) is 0 Å². The monoisotopic (exact) mass is 218 g/mol. The number of amides is 1. The summed E-state index contributed by atoms with van der Waals surface area (Å²) in [6.07, 6.45) is 1.58. The van der Waals surface area contributed by atoms with Crippen LogP contribution in [0, 0.1) is 5.82 Å². The molecule has 1 aliphatic heterocycles. The van der Waals surface area contributed by atoms with Crippen molar-refractivity contribution in [3.8, 4) is 0 Å². The summed E-state index contributed by atoms with van der Waals surface area (Å²) >= 11 is 0. The molecule has 0 N–H and O–H groups in total. The smallest absolute Gasteiger partial charge is 0.277 e. The summed E-state index contributed by atoms with van der Waals surface area (Å²) in [5.41, 5.74) is 0.973. The van der Waals surface area contributed by atoms with Gasteiger partial charge in [-0.25, -0.2) is 9.38 Å². The third-order valence-corrected chi connectivity index (χ3v) is 2.44. The van der Waals surface area contributed by atoms with Crippen molar-refractivity contribution in [2.75, 3.05) is 7.05 Å². The second kappa shape index (κ2) is 3.89. The van der Waals surface area contributed by atoms with Crippen LogP contribution in [0.2, 0.25) is 0 Å². The van der Waals surface area contributed by atoms with Crippen molar-refractivity contribution in [1.82, 2.24) is 4.90 Å². The third kappa shape index (κ3) is 1.86. The molecule has 1 aliphatic rings. The lowest BCUT2D eigenvalue weighted by Gasteiger charge is -2.05. The van der Waals surface area contributed by atoms with E-state index in [9.17, 15) is 9.18 Å². The van der Waals surface area contributed by atoms with Crippen LogP contribution in [0.15, 0.2) is 35.0 Å². The van der Waals surface area contributed by atoms with Crippen LogP contribution in [0.1, 0.15) is 12.5 Å². The first-order valence-corrected chi connectivity index (χ1v) is 4.88. The number of likely N-dealkylation sites (N-methyl/N-ethyl adjacent to an activating group) is 1. The number of benzene rings is 1. The van der Waals surface area contributed by atoms with Crippen molar-refractivity contribution in [1.29, 1.82) is 0 Å². The van der Waals surface area contributed by atoms with Gasteiger partial charge >= 0.3 is 0 Å². The summed E-state index contributed by atoms with van der Waals surface area (Å²) in [5.74, 6) is 0.156. The molecule has 1 amide bonds. The Labute approximate surface area is 92.9 Å². The van der Waals surface area contributed by atoms with E-state index >= 15 is 0 Å². The molecule has 0 radical (unpaired) electrons. The minimum Gasteiger partial charge on any atom is -0.298 e. The van der Waals surface area contributed by atoms with Gasteiger partial charge in [0.25, 0.3) is 5.91 Å². The molecular formula is C12H11FN2O. The number of carbonyl (C=O) groups excluding carboxylic acids is 1. The Morgan fingerprint density at radius 3 is 2.75 bits per heavy atom. The number of carbonyl (C=O) groups is 1. The number of amidine groups is 1. The fourth-order valence-electron chi connectivity index (χ4n) is 1.46. The van der Waals surface area contributed by atoms with E-state index < -0.39 is 0 Å². The van der Waals surface area contributed by atoms with Gasteiger partial charge < -0.3 is 0 Å². The van der Waals surface area contributed by atoms with Crippen LogP contribution >= 0.6 is 0 Å². The maximum absolute atomic E-state index is 12.9. The van der Waals surface area contributed by atoms with Crippen LogP contribution in [0.5, 0.6) is 0 Å². The van der Waals surface area contributed by atoms with Crippen LogP contribution < -0.4 is 0 Å². The van der Waals surface area contributed by atoms with Gasteiger partial charge in [-0.3, -0.25) is 9.69 Å². The van der Waals surface area contributed by atoms with Gasteiger partial charge in [0.15, 0.2) is 0 Å². The lowest BCUT2D eigenvalue weighted by atomic mass is 10.2. The number of rotatable bonds is 1. The molecule has 0 unspecified atom stereocenters. The van der Waals surface area contributed by atoms with Crippen molar-refractivity contribution in [2.45, 2.75) is 6.92 Å². The lowest BCUT2D eigenvalue weighted by molar-refractivity contribution is -0.121. The van der Waals surface area contributed by atoms with Crippen LogP contribution in [0.3, 0.4) is 0 Å². The summed E-state index contributed by atoms with van der Waals surface area (Å²) < 4.78 is 12.9. The van der Waals surface area contributed by atoms with Crippen molar-refractivity contribution in [2.24, 2.45) is 4.99 Å². The fraction of sp³-hybridized carbons (Fsp3) is 0.167. The summed E-state index contributed by atoms with van der Waals surface area (Å²) in [7, 11) is 1.66. The Balaban J connectivity index is 2.36. The molecule has 16 heavy (non-hydrogen) atoms. The Bertz CT molecular complexity index is 505. The van der Waals surface area contributed by atoms with Crippen LogP contribution in [-0.2, 0) is 4.79 Å². The Hall–Kier alpha value is -1.97. The molecule has 0 bridgehead atoms. The molecule has 3 nitrogen and oxygen atoms in total. The summed E-state index contributed by atoms with van der Waals surface area (Å²) in [6.45, 7) is 1.75. The van der Waals surface area contributed by atoms with Crippen LogP contribution in [-0.4, -0.2) is 23.7 Å². The van der Waals surface area contributed by atoms with Gasteiger partial charge in [0.1, 0.15) is 17.3 Å². The molecule has 0 saturated heterocycles. The minimum absolute atomic E-state index is 0.165. The molecule has 0 aromatic heterocycles. The zero-order valence-corrected chi connectivity index (χ0v) is 9.07. The number of nitrogens with zero attached hydrogens (tertiary/aromatic N) is 2. The van der Waals surface area contributed by atoms with Crippen molar-refractivity contribution in [3.05, 3.63) is 41.3 Å². The highest BCUT2D eigenvalue weighted by atomic mass is 19.1. The van der Waals surface area contributed by atoms with Gasteiger partial charge in [-0.15, -0.1) is 0 Å². The topological polar surface area (TPSA) is 32.7 Å². The molecule has 0 saturated carbocycles. The van der Waals surface area contributed by atoms with Gasteiger partial charge in [0.05, 0.1) is 0 Å². The molecule has 0 atom stereocenters. The van der Waals surface area contributed by atoms with E-state index in [-0.39, 0.29) is 11.7 Å². The lowest BCUT2D eigenvalue weighted by Crippen LogP contribution is -2.25. The fourth-order valence-corrected chi connectivity index (χ4v) is 1.46. The normalized spacial score (nSPS) is 18.2. The minimum atomic E-state index is -0.325. The number of halogens is 1. The predicted molar refractivity (Wildman–Crippen MR) is 60.3 cm³/mol. The summed E-state index contributed by atoms with van der Waals surface area (Å²) in [5, 5.41) is 0. The highest BCUT2D eigenvalue weighted by Gasteiger charge is 2.23. The van der Waals surface area contributed by atoms with Gasteiger partial charge in [-0.1, -0.05) is 12.1 Å². The Morgan fingerprint density at radius 2 is 2.19 bits per heavy atom. The highest BCUT2D eigenvalue weighted by molar-refractivity contribution is 6.13. The molecule has 1 aromatic rings. The van der Waals surface area contributed by atoms with E-state index in [0.717, 1.165) is 0 Å². The molecule has 1 heterocycles. The van der Waals surface area contributed by atoms with E-state index in [0.29, 0.717) is 17.1 Å². The predicted octanol–water partition coefficient (Wildman–Crippen LogP) is 2.06. The van der Waals surface area contributed by atoms with Gasteiger partial charge in [-0.2, -0.15) is 0 Å². The first-order valence-electron chi connectivity index (χ1n) is 4.88. The molecule has 1 aromatic carbocycles. The van der Waals surface area contributed by atoms with E-state index in [1.165, 1.54) is 17.0 Å². The van der Waals surface area contributed by atoms with Crippen molar-refractivity contribution >= 4 is 17.8 Å². The van der Waals surface area contributed by atoms with E-state index in [1.54, 1.807) is 32.2 Å². The summed E-state index contributed by atoms with van der Waals surface area (Å²) in [6, 6.07) is 6.05. The van der Waals surface area contributed by atoms with Gasteiger partial charge in [0, 0.05) is 7.05 Å². The molecule has 0 fully saturated rings. The zero-order chi connectivity index (χ0) is 11.7. The van der Waals surface area contributed by atoms with Crippen molar-refractivity contribution < 1.29 is 9.18 Å². The van der Waals surface area contributed by atoms with E-state index in [2.05, 4.69) is 4.99 Å². The summed E-state index contributed by atoms with van der Waals surface area (Å²) in [4.78, 5) is 17.2. The SMILES string of the molecule is CC1=N/C(=C\c2cccc(F)c2)C(=O)N1C. The zero-order valence-electron chi connectivity index (χ0n) is 9.07. The molecular weight excluding hydrogens is 207 g/mol. The Morgan fingerprint density at radius 1 is 1.44 bits per heavy atom. The molecule has 4 heteroatoms. The van der Waals surface area contributed by atoms with E-state index in [1.807, 2.05) is 0 Å². The quantitative estimate of drug-likeness (QED) is 0.664. The average Bonchev–Trinajstić information content (AvgIpc) is 2.47. The van der Waals surface area contributed by atoms with Crippen molar-refractivity contribution in [3.63, 3.8) is 0 Å². The number of hydrogen-bond donors (Lipinski definition) is 0.